The fourth-order valence-corrected chi connectivity index (χ4v) is 7.07. The molecule has 4 aliphatic rings. The lowest BCUT2D eigenvalue weighted by Gasteiger charge is -2.59. The second kappa shape index (κ2) is 4.34. The summed E-state index contributed by atoms with van der Waals surface area (Å²) in [5.41, 5.74) is 0.990. The Labute approximate surface area is 123 Å². The van der Waals surface area contributed by atoms with Gasteiger partial charge < -0.3 is 0 Å². The van der Waals surface area contributed by atoms with E-state index in [1.54, 1.807) is 0 Å². The van der Waals surface area contributed by atoms with Gasteiger partial charge in [0.05, 0.1) is 0 Å². The molecule has 1 heteroatoms. The van der Waals surface area contributed by atoms with Crippen LogP contribution in [0.4, 0.5) is 0 Å². The van der Waals surface area contributed by atoms with Crippen molar-refractivity contribution in [1.29, 1.82) is 0 Å². The Balaban J connectivity index is 1.65. The van der Waals surface area contributed by atoms with Crippen LogP contribution in [0.15, 0.2) is 0 Å². The molecule has 6 atom stereocenters. The molecule has 0 aromatic rings. The van der Waals surface area contributed by atoms with Crippen molar-refractivity contribution in [2.24, 2.45) is 34.5 Å². The van der Waals surface area contributed by atoms with E-state index < -0.39 is 0 Å². The van der Waals surface area contributed by atoms with Crippen LogP contribution in [-0.4, -0.2) is 5.78 Å². The molecule has 0 aromatic heterocycles. The third-order valence-corrected chi connectivity index (χ3v) is 8.15. The maximum atomic E-state index is 12.1. The molecule has 0 aliphatic heterocycles. The Morgan fingerprint density at radius 2 is 1.80 bits per heavy atom. The van der Waals surface area contributed by atoms with Crippen LogP contribution in [-0.2, 0) is 4.79 Å². The quantitative estimate of drug-likeness (QED) is 0.608. The van der Waals surface area contributed by atoms with E-state index in [0.717, 1.165) is 36.5 Å². The third kappa shape index (κ3) is 1.70. The fraction of sp³-hybridized carbons (Fsp3) is 0.947. The molecule has 0 saturated heterocycles. The number of carbonyl (C=O) groups is 1. The Kier molecular flexibility index (Phi) is 2.89. The normalized spacial score (nSPS) is 55.0. The van der Waals surface area contributed by atoms with Gasteiger partial charge in [0.15, 0.2) is 0 Å². The van der Waals surface area contributed by atoms with Gasteiger partial charge in [-0.1, -0.05) is 26.7 Å². The number of hydrogen-bond acceptors (Lipinski definition) is 1. The molecular weight excluding hydrogens is 244 g/mol. The second-order valence-electron chi connectivity index (χ2n) is 9.01. The predicted octanol–water partition coefficient (Wildman–Crippen LogP) is 4.99. The van der Waals surface area contributed by atoms with Gasteiger partial charge in [-0.25, -0.2) is 0 Å². The molecule has 4 fully saturated rings. The summed E-state index contributed by atoms with van der Waals surface area (Å²) in [6.07, 6.45) is 13.3. The first kappa shape index (κ1) is 13.3. The van der Waals surface area contributed by atoms with Crippen molar-refractivity contribution >= 4 is 5.78 Å². The molecule has 4 saturated carbocycles. The molecule has 4 rings (SSSR count). The summed E-state index contributed by atoms with van der Waals surface area (Å²) >= 11 is 0. The van der Waals surface area contributed by atoms with E-state index in [-0.39, 0.29) is 0 Å². The first-order valence-electron chi connectivity index (χ1n) is 9.05. The van der Waals surface area contributed by atoms with Gasteiger partial charge in [0.25, 0.3) is 0 Å². The minimum atomic E-state index is 0.371. The van der Waals surface area contributed by atoms with E-state index >= 15 is 0 Å². The van der Waals surface area contributed by atoms with Crippen molar-refractivity contribution in [3.8, 4) is 0 Å². The summed E-state index contributed by atoms with van der Waals surface area (Å²) in [5.74, 6) is 4.10. The zero-order valence-corrected chi connectivity index (χ0v) is 13.3. The molecule has 1 nitrogen and oxygen atoms in total. The highest BCUT2D eigenvalue weighted by Crippen LogP contribution is 2.65. The van der Waals surface area contributed by atoms with Crippen LogP contribution in [0.1, 0.15) is 78.1 Å². The number of carbonyl (C=O) groups excluding carboxylic acids is 1. The van der Waals surface area contributed by atoms with Gasteiger partial charge in [0.2, 0.25) is 0 Å². The number of fused-ring (bicyclic) bond motifs is 5. The summed E-state index contributed by atoms with van der Waals surface area (Å²) < 4.78 is 0. The van der Waals surface area contributed by atoms with Crippen molar-refractivity contribution < 1.29 is 4.79 Å². The zero-order valence-electron chi connectivity index (χ0n) is 13.3. The molecule has 0 spiro atoms. The van der Waals surface area contributed by atoms with Gasteiger partial charge >= 0.3 is 0 Å². The number of Topliss-reactive ketones (excluding diaryl/α,β-unsaturated/α-hetero) is 1. The van der Waals surface area contributed by atoms with E-state index in [1.807, 2.05) is 0 Å². The minimum absolute atomic E-state index is 0.371. The standard InChI is InChI=1S/C19H30O/c1-18-10-8-16-15(17(18)11-14(20)12-18)7-6-13-5-3-4-9-19(13,16)2/h13,15-17H,3-12H2,1-2H3/t13-,15+,16+,17+,18+,19+/m1/s1. The Hall–Kier alpha value is -0.330. The van der Waals surface area contributed by atoms with E-state index in [2.05, 4.69) is 13.8 Å². The average Bonchev–Trinajstić information content (AvgIpc) is 2.72. The summed E-state index contributed by atoms with van der Waals surface area (Å²) in [6, 6.07) is 0. The lowest BCUT2D eigenvalue weighted by atomic mass is 9.45. The molecule has 0 unspecified atom stereocenters. The van der Waals surface area contributed by atoms with Gasteiger partial charge in [-0.05, 0) is 73.0 Å². The van der Waals surface area contributed by atoms with Crippen molar-refractivity contribution in [2.75, 3.05) is 0 Å². The van der Waals surface area contributed by atoms with Crippen molar-refractivity contribution in [3.63, 3.8) is 0 Å². The summed E-state index contributed by atoms with van der Waals surface area (Å²) in [4.78, 5) is 12.1. The number of rotatable bonds is 0. The molecule has 4 aliphatic carbocycles. The average molecular weight is 274 g/mol. The Morgan fingerprint density at radius 3 is 2.65 bits per heavy atom. The minimum Gasteiger partial charge on any atom is -0.300 e. The highest BCUT2D eigenvalue weighted by Gasteiger charge is 2.58. The molecule has 0 heterocycles. The first-order chi connectivity index (χ1) is 9.53. The SMILES string of the molecule is C[C@@]12CC[C@H]3[C@H](CC[C@H]4CCCC[C@@]43C)[C@@H]1CC(=O)C2. The summed E-state index contributed by atoms with van der Waals surface area (Å²) in [5, 5.41) is 0. The summed E-state index contributed by atoms with van der Waals surface area (Å²) in [6.45, 7) is 5.04. The molecule has 0 bridgehead atoms. The van der Waals surface area contributed by atoms with Crippen molar-refractivity contribution in [1.82, 2.24) is 0 Å². The van der Waals surface area contributed by atoms with Crippen LogP contribution >= 0.6 is 0 Å². The molecule has 0 N–H and O–H groups in total. The van der Waals surface area contributed by atoms with Gasteiger partial charge in [-0.2, -0.15) is 0 Å². The number of ketones is 1. The van der Waals surface area contributed by atoms with Gasteiger partial charge in [-0.15, -0.1) is 0 Å². The lowest BCUT2D eigenvalue weighted by Crippen LogP contribution is -2.51. The fourth-order valence-electron chi connectivity index (χ4n) is 7.07. The largest absolute Gasteiger partial charge is 0.300 e. The van der Waals surface area contributed by atoms with E-state index in [4.69, 9.17) is 0 Å². The predicted molar refractivity (Wildman–Crippen MR) is 81.4 cm³/mol. The van der Waals surface area contributed by atoms with E-state index in [9.17, 15) is 4.79 Å². The first-order valence-corrected chi connectivity index (χ1v) is 9.05. The topological polar surface area (TPSA) is 17.1 Å². The molecule has 112 valence electrons. The smallest absolute Gasteiger partial charge is 0.133 e. The lowest BCUT2D eigenvalue weighted by molar-refractivity contribution is -0.118. The molecule has 20 heavy (non-hydrogen) atoms. The van der Waals surface area contributed by atoms with Gasteiger partial charge in [0.1, 0.15) is 5.78 Å². The second-order valence-corrected chi connectivity index (χ2v) is 9.01. The highest BCUT2D eigenvalue weighted by atomic mass is 16.1. The third-order valence-electron chi connectivity index (χ3n) is 8.15. The van der Waals surface area contributed by atoms with Crippen LogP contribution < -0.4 is 0 Å². The van der Waals surface area contributed by atoms with Gasteiger partial charge in [-0.3, -0.25) is 4.79 Å². The van der Waals surface area contributed by atoms with Crippen LogP contribution in [0, 0.1) is 34.5 Å². The van der Waals surface area contributed by atoms with Crippen LogP contribution in [0.3, 0.4) is 0 Å². The Morgan fingerprint density at radius 1 is 0.950 bits per heavy atom. The van der Waals surface area contributed by atoms with Crippen molar-refractivity contribution in [2.45, 2.75) is 78.1 Å². The monoisotopic (exact) mass is 274 g/mol. The van der Waals surface area contributed by atoms with Crippen LogP contribution in [0.2, 0.25) is 0 Å². The molecule has 0 aromatic carbocycles. The molecular formula is C19H30O. The van der Waals surface area contributed by atoms with Crippen LogP contribution in [0.5, 0.6) is 0 Å². The molecule has 0 amide bonds. The maximum absolute atomic E-state index is 12.1. The van der Waals surface area contributed by atoms with Gasteiger partial charge in [0, 0.05) is 12.8 Å². The van der Waals surface area contributed by atoms with Crippen molar-refractivity contribution in [3.05, 3.63) is 0 Å². The van der Waals surface area contributed by atoms with E-state index in [0.29, 0.717) is 16.6 Å². The molecule has 0 radical (unpaired) electrons. The summed E-state index contributed by atoms with van der Waals surface area (Å²) in [7, 11) is 0. The maximum Gasteiger partial charge on any atom is 0.133 e. The van der Waals surface area contributed by atoms with Crippen LogP contribution in [0.25, 0.3) is 0 Å². The zero-order chi connectivity index (χ0) is 14.0. The number of hydrogen-bond donors (Lipinski definition) is 0. The Bertz CT molecular complexity index is 427. The highest BCUT2D eigenvalue weighted by molar-refractivity contribution is 5.82. The van der Waals surface area contributed by atoms with E-state index in [1.165, 1.54) is 51.4 Å².